The van der Waals surface area contributed by atoms with Gasteiger partial charge in [0, 0.05) is 37.0 Å². The minimum absolute atomic E-state index is 0.0348. The van der Waals surface area contributed by atoms with Crippen LogP contribution in [0.2, 0.25) is 0 Å². The largest absolute Gasteiger partial charge is 0.464 e. The van der Waals surface area contributed by atoms with E-state index in [-0.39, 0.29) is 18.3 Å². The molecule has 0 unspecified atom stereocenters. The molecule has 0 spiro atoms. The minimum Gasteiger partial charge on any atom is -0.464 e. The van der Waals surface area contributed by atoms with Gasteiger partial charge < -0.3 is 31.8 Å². The van der Waals surface area contributed by atoms with Gasteiger partial charge in [-0.05, 0) is 30.9 Å². The van der Waals surface area contributed by atoms with Crippen molar-refractivity contribution >= 4 is 34.6 Å². The first kappa shape index (κ1) is 29.7. The molecule has 0 aliphatic rings. The number of hydrogen-bond donors (Lipinski definition) is 5. The summed E-state index contributed by atoms with van der Waals surface area (Å²) < 4.78 is 5.56. The van der Waals surface area contributed by atoms with Crippen LogP contribution in [0.4, 0.5) is 0 Å². The van der Waals surface area contributed by atoms with Crippen molar-refractivity contribution < 1.29 is 19.1 Å². The number of amides is 2. The number of aromatic amines is 1. The van der Waals surface area contributed by atoms with E-state index in [4.69, 9.17) is 16.2 Å². The number of fused-ring (bicyclic) bond motifs is 1. The predicted molar refractivity (Wildman–Crippen MR) is 146 cm³/mol. The fraction of sp³-hybridized carbons (Fsp3) is 0.556. The van der Waals surface area contributed by atoms with Crippen LogP contribution in [0.3, 0.4) is 0 Å². The number of nitrogens with zero attached hydrogens (tertiary/aromatic N) is 1. The number of nitrogens with two attached hydrogens (primary N) is 2. The maximum Gasteiger partial charge on any atom is 0.328 e. The first-order chi connectivity index (χ1) is 17.8. The van der Waals surface area contributed by atoms with Gasteiger partial charge in [-0.15, -0.1) is 0 Å². The van der Waals surface area contributed by atoms with Gasteiger partial charge in [-0.3, -0.25) is 14.6 Å². The Morgan fingerprint density at radius 3 is 2.46 bits per heavy atom. The van der Waals surface area contributed by atoms with Gasteiger partial charge in [0.1, 0.15) is 12.1 Å². The second kappa shape index (κ2) is 16.2. The smallest absolute Gasteiger partial charge is 0.328 e. The Morgan fingerprint density at radius 2 is 1.73 bits per heavy atom. The summed E-state index contributed by atoms with van der Waals surface area (Å²) in [5.74, 6) is -1.33. The Labute approximate surface area is 219 Å². The average Bonchev–Trinajstić information content (AvgIpc) is 3.27. The van der Waals surface area contributed by atoms with Crippen molar-refractivity contribution in [2.24, 2.45) is 16.5 Å². The first-order valence-electron chi connectivity index (χ1n) is 13.2. The molecule has 2 rings (SSSR count). The van der Waals surface area contributed by atoms with Crippen LogP contribution >= 0.6 is 0 Å². The third-order valence-electron chi connectivity index (χ3n) is 6.08. The van der Waals surface area contributed by atoms with Crippen molar-refractivity contribution in [3.8, 4) is 0 Å². The van der Waals surface area contributed by atoms with Gasteiger partial charge in [0.2, 0.25) is 11.8 Å². The van der Waals surface area contributed by atoms with Gasteiger partial charge >= 0.3 is 5.97 Å². The highest BCUT2D eigenvalue weighted by molar-refractivity contribution is 5.91. The van der Waals surface area contributed by atoms with E-state index >= 15 is 0 Å². The second-order valence-corrected chi connectivity index (χ2v) is 9.26. The number of carbonyl (C=O) groups excluding carboxylic acids is 3. The number of aliphatic imine (C=N–C) groups is 1. The predicted octanol–water partition coefficient (Wildman–Crippen LogP) is 2.66. The molecule has 0 saturated heterocycles. The lowest BCUT2D eigenvalue weighted by Crippen LogP contribution is -2.52. The van der Waals surface area contributed by atoms with Crippen molar-refractivity contribution in [1.29, 1.82) is 0 Å². The molecule has 2 aromatic rings. The molecule has 0 fully saturated rings. The van der Waals surface area contributed by atoms with Gasteiger partial charge in [0.05, 0.1) is 6.61 Å². The zero-order valence-corrected chi connectivity index (χ0v) is 22.1. The molecule has 1 aromatic carbocycles. The minimum atomic E-state index is -0.902. The number of ether oxygens (including phenoxy) is 1. The lowest BCUT2D eigenvalue weighted by molar-refractivity contribution is -0.148. The summed E-state index contributed by atoms with van der Waals surface area (Å²) in [7, 11) is 0. The summed E-state index contributed by atoms with van der Waals surface area (Å²) in [5.41, 5.74) is 12.5. The molecule has 0 saturated carbocycles. The van der Waals surface area contributed by atoms with Crippen LogP contribution < -0.4 is 22.1 Å². The van der Waals surface area contributed by atoms with E-state index < -0.39 is 24.0 Å². The number of aromatic nitrogens is 1. The SMILES string of the molecule is CCCCCCCCOC(=O)[C@H](Cc1c[nH]c2ccccc12)NC(=O)[C@H](CCCN=C(N)N)NC(C)=O. The van der Waals surface area contributed by atoms with E-state index in [9.17, 15) is 14.4 Å². The third-order valence-corrected chi connectivity index (χ3v) is 6.08. The van der Waals surface area contributed by atoms with Gasteiger partial charge in [0.25, 0.3) is 0 Å². The van der Waals surface area contributed by atoms with Crippen molar-refractivity contribution in [3.63, 3.8) is 0 Å². The number of unbranched alkanes of at least 4 members (excludes halogenated alkanes) is 5. The normalized spacial score (nSPS) is 12.5. The molecule has 0 aliphatic heterocycles. The van der Waals surface area contributed by atoms with Gasteiger partial charge in [0.15, 0.2) is 5.96 Å². The number of para-hydroxylation sites is 1. The summed E-state index contributed by atoms with van der Waals surface area (Å²) in [4.78, 5) is 45.1. The summed E-state index contributed by atoms with van der Waals surface area (Å²) in [6.45, 7) is 4.14. The maximum absolute atomic E-state index is 13.2. The highest BCUT2D eigenvalue weighted by atomic mass is 16.5. The summed E-state index contributed by atoms with van der Waals surface area (Å²) in [5, 5.41) is 6.45. The molecule has 10 nitrogen and oxygen atoms in total. The highest BCUT2D eigenvalue weighted by Crippen LogP contribution is 2.19. The molecule has 1 aromatic heterocycles. The van der Waals surface area contributed by atoms with E-state index in [1.807, 2.05) is 30.5 Å². The molecule has 10 heteroatoms. The standard InChI is InChI=1S/C27H42N6O4/c1-3-4-5-6-7-10-16-37-26(36)24(17-20-18-31-22-13-9-8-12-21(20)22)33-25(35)23(32-19(2)34)14-11-15-30-27(28)29/h8-9,12-13,18,23-24,31H,3-7,10-11,14-17H2,1-2H3,(H,32,34)(H,33,35)(H4,28,29,30)/t23-,24-/m0/s1. The molecular formula is C27H42N6O4. The maximum atomic E-state index is 13.2. The number of hydrogen-bond acceptors (Lipinski definition) is 5. The number of esters is 1. The molecule has 2 atom stereocenters. The third kappa shape index (κ3) is 10.9. The fourth-order valence-electron chi connectivity index (χ4n) is 4.16. The lowest BCUT2D eigenvalue weighted by Gasteiger charge is -2.22. The van der Waals surface area contributed by atoms with Crippen LogP contribution in [0.1, 0.15) is 70.8 Å². The number of H-pyrrole nitrogens is 1. The van der Waals surface area contributed by atoms with Crippen molar-refractivity contribution in [2.75, 3.05) is 13.2 Å². The Hall–Kier alpha value is -3.56. The molecular weight excluding hydrogens is 472 g/mol. The molecule has 7 N–H and O–H groups in total. The quantitative estimate of drug-likeness (QED) is 0.0942. The molecule has 0 aliphatic carbocycles. The van der Waals surface area contributed by atoms with Crippen molar-refractivity contribution in [2.45, 2.75) is 83.7 Å². The van der Waals surface area contributed by atoms with Crippen molar-refractivity contribution in [1.82, 2.24) is 15.6 Å². The zero-order chi connectivity index (χ0) is 27.0. The summed E-state index contributed by atoms with van der Waals surface area (Å²) in [6.07, 6.45) is 9.34. The molecule has 2 amide bonds. The number of carbonyl (C=O) groups is 3. The topological polar surface area (TPSA) is 165 Å². The molecule has 0 bridgehead atoms. The van der Waals surface area contributed by atoms with Crippen LogP contribution in [0.5, 0.6) is 0 Å². The zero-order valence-electron chi connectivity index (χ0n) is 22.1. The summed E-state index contributed by atoms with van der Waals surface area (Å²) >= 11 is 0. The van der Waals surface area contributed by atoms with Gasteiger partial charge in [-0.2, -0.15) is 0 Å². The molecule has 204 valence electrons. The molecule has 1 heterocycles. The van der Waals surface area contributed by atoms with E-state index in [1.54, 1.807) is 0 Å². The summed E-state index contributed by atoms with van der Waals surface area (Å²) in [6, 6.07) is 6.03. The fourth-order valence-corrected chi connectivity index (χ4v) is 4.16. The van der Waals surface area contributed by atoms with Crippen LogP contribution in [-0.2, 0) is 25.5 Å². The van der Waals surface area contributed by atoms with E-state index in [2.05, 4.69) is 27.5 Å². The monoisotopic (exact) mass is 514 g/mol. The molecule has 0 radical (unpaired) electrons. The Bertz CT molecular complexity index is 1030. The van der Waals surface area contributed by atoms with Gasteiger partial charge in [-0.1, -0.05) is 57.2 Å². The van der Waals surface area contributed by atoms with Crippen LogP contribution in [-0.4, -0.2) is 54.0 Å². The van der Waals surface area contributed by atoms with E-state index in [1.165, 1.54) is 26.2 Å². The van der Waals surface area contributed by atoms with E-state index in [0.29, 0.717) is 26.0 Å². The number of benzene rings is 1. The number of nitrogens with one attached hydrogen (secondary N) is 3. The highest BCUT2D eigenvalue weighted by Gasteiger charge is 2.28. The first-order valence-corrected chi connectivity index (χ1v) is 13.2. The van der Waals surface area contributed by atoms with Crippen molar-refractivity contribution in [3.05, 3.63) is 36.0 Å². The van der Waals surface area contributed by atoms with Gasteiger partial charge in [-0.25, -0.2) is 4.79 Å². The van der Waals surface area contributed by atoms with Crippen LogP contribution in [0, 0.1) is 0 Å². The number of guanidine groups is 1. The van der Waals surface area contributed by atoms with Crippen LogP contribution in [0.25, 0.3) is 10.9 Å². The lowest BCUT2D eigenvalue weighted by atomic mass is 10.0. The van der Waals surface area contributed by atoms with E-state index in [0.717, 1.165) is 35.7 Å². The molecule has 37 heavy (non-hydrogen) atoms. The van der Waals surface area contributed by atoms with Crippen LogP contribution in [0.15, 0.2) is 35.5 Å². The average molecular weight is 515 g/mol. The Kier molecular flexibility index (Phi) is 13.0. The Morgan fingerprint density at radius 1 is 1.00 bits per heavy atom. The number of rotatable bonds is 17. The second-order valence-electron chi connectivity index (χ2n) is 9.26. The Balaban J connectivity index is 2.08.